The first kappa shape index (κ1) is 27.9. The van der Waals surface area contributed by atoms with Gasteiger partial charge in [-0.1, -0.05) is 18.2 Å². The SMILES string of the molecule is CC(=O)c1cc(C(=O)NCc2ccc(S(=O)(=O)C(C)C)cc2)c(=O)n(-c2cccc(C(F)(F)F)c2)c1C. The molecular weight excluding hydrogens is 509 g/mol. The maximum Gasteiger partial charge on any atom is 0.416 e. The monoisotopic (exact) mass is 534 g/mol. The quantitative estimate of drug-likeness (QED) is 0.451. The van der Waals surface area contributed by atoms with E-state index in [1.165, 1.54) is 44.2 Å². The molecule has 0 atom stereocenters. The van der Waals surface area contributed by atoms with E-state index in [0.717, 1.165) is 28.8 Å². The van der Waals surface area contributed by atoms with Crippen molar-refractivity contribution in [1.29, 1.82) is 0 Å². The molecular formula is C26H25F3N2O5S. The van der Waals surface area contributed by atoms with Crippen LogP contribution in [-0.4, -0.2) is 29.9 Å². The fourth-order valence-electron chi connectivity index (χ4n) is 3.70. The van der Waals surface area contributed by atoms with Crippen LogP contribution in [0.15, 0.2) is 64.3 Å². The number of rotatable bonds is 7. The van der Waals surface area contributed by atoms with E-state index >= 15 is 0 Å². The Morgan fingerprint density at radius 1 is 1.00 bits per heavy atom. The van der Waals surface area contributed by atoms with Crippen LogP contribution >= 0.6 is 0 Å². The number of alkyl halides is 3. The van der Waals surface area contributed by atoms with Crippen molar-refractivity contribution in [2.75, 3.05) is 0 Å². The second kappa shape index (κ2) is 10.3. The summed E-state index contributed by atoms with van der Waals surface area (Å²) in [6.07, 6.45) is -4.66. The summed E-state index contributed by atoms with van der Waals surface area (Å²) in [6.45, 7) is 5.69. The van der Waals surface area contributed by atoms with E-state index in [1.807, 2.05) is 0 Å². The first-order valence-corrected chi connectivity index (χ1v) is 12.8. The summed E-state index contributed by atoms with van der Waals surface area (Å²) in [6, 6.07) is 11.0. The van der Waals surface area contributed by atoms with Crippen molar-refractivity contribution in [1.82, 2.24) is 9.88 Å². The van der Waals surface area contributed by atoms with Crippen molar-refractivity contribution in [2.45, 2.75) is 50.6 Å². The number of sulfone groups is 1. The number of carbonyl (C=O) groups is 2. The molecule has 0 aliphatic carbocycles. The summed E-state index contributed by atoms with van der Waals surface area (Å²) in [7, 11) is -3.47. The molecule has 0 bridgehead atoms. The number of carbonyl (C=O) groups excluding carboxylic acids is 2. The number of nitrogens with zero attached hydrogens (tertiary/aromatic N) is 1. The van der Waals surface area contributed by atoms with Crippen molar-refractivity contribution < 1.29 is 31.2 Å². The number of benzene rings is 2. The van der Waals surface area contributed by atoms with Crippen LogP contribution in [0.25, 0.3) is 5.69 Å². The van der Waals surface area contributed by atoms with Crippen molar-refractivity contribution in [3.8, 4) is 5.69 Å². The van der Waals surface area contributed by atoms with Gasteiger partial charge in [-0.05, 0) is 69.7 Å². The predicted molar refractivity (Wildman–Crippen MR) is 132 cm³/mol. The zero-order valence-electron chi connectivity index (χ0n) is 20.5. The smallest absolute Gasteiger partial charge is 0.348 e. The van der Waals surface area contributed by atoms with Gasteiger partial charge >= 0.3 is 6.18 Å². The molecule has 1 N–H and O–H groups in total. The van der Waals surface area contributed by atoms with Gasteiger partial charge in [0, 0.05) is 23.5 Å². The van der Waals surface area contributed by atoms with Gasteiger partial charge in [0.25, 0.3) is 11.5 Å². The van der Waals surface area contributed by atoms with Crippen molar-refractivity contribution in [3.63, 3.8) is 0 Å². The molecule has 0 aliphatic heterocycles. The Morgan fingerprint density at radius 3 is 2.16 bits per heavy atom. The molecule has 1 amide bonds. The lowest BCUT2D eigenvalue weighted by Gasteiger charge is -2.17. The van der Waals surface area contributed by atoms with Crippen LogP contribution in [0.1, 0.15) is 58.3 Å². The summed E-state index contributed by atoms with van der Waals surface area (Å²) in [5, 5.41) is 1.94. The molecule has 0 spiro atoms. The van der Waals surface area contributed by atoms with Gasteiger partial charge < -0.3 is 5.32 Å². The van der Waals surface area contributed by atoms with E-state index in [1.54, 1.807) is 13.8 Å². The summed E-state index contributed by atoms with van der Waals surface area (Å²) in [5.41, 5.74) is -1.80. The van der Waals surface area contributed by atoms with Crippen LogP contribution in [0, 0.1) is 6.92 Å². The van der Waals surface area contributed by atoms with Crippen molar-refractivity contribution >= 4 is 21.5 Å². The highest BCUT2D eigenvalue weighted by molar-refractivity contribution is 7.92. The lowest BCUT2D eigenvalue weighted by atomic mass is 10.1. The lowest BCUT2D eigenvalue weighted by Crippen LogP contribution is -2.34. The molecule has 0 saturated carbocycles. The Hall–Kier alpha value is -3.73. The first-order chi connectivity index (χ1) is 17.1. The zero-order valence-corrected chi connectivity index (χ0v) is 21.3. The molecule has 1 heterocycles. The van der Waals surface area contributed by atoms with Gasteiger partial charge in [0.15, 0.2) is 15.6 Å². The Bertz CT molecular complexity index is 1520. The third-order valence-corrected chi connectivity index (χ3v) is 8.00. The van der Waals surface area contributed by atoms with Gasteiger partial charge in [-0.3, -0.25) is 19.0 Å². The molecule has 0 unspecified atom stereocenters. The first-order valence-electron chi connectivity index (χ1n) is 11.2. The standard InChI is InChI=1S/C26H25F3N2O5S/c1-15(2)37(35,36)21-10-8-18(9-11-21)14-30-24(33)23-13-22(17(4)32)16(3)31(25(23)34)20-7-5-6-19(12-20)26(27,28)29/h5-13,15H,14H2,1-4H3,(H,30,33). The molecule has 3 rings (SSSR count). The van der Waals surface area contributed by atoms with Crippen molar-refractivity contribution in [2.24, 2.45) is 0 Å². The van der Waals surface area contributed by atoms with Crippen LogP contribution in [0.5, 0.6) is 0 Å². The fraction of sp³-hybridized carbons (Fsp3) is 0.269. The molecule has 0 aliphatic rings. The Morgan fingerprint density at radius 2 is 1.62 bits per heavy atom. The second-order valence-corrected chi connectivity index (χ2v) is 11.2. The van der Waals surface area contributed by atoms with Gasteiger partial charge in [0.05, 0.1) is 15.7 Å². The minimum atomic E-state index is -4.66. The molecule has 37 heavy (non-hydrogen) atoms. The summed E-state index contributed by atoms with van der Waals surface area (Å²) < 4.78 is 65.2. The average molecular weight is 535 g/mol. The fourth-order valence-corrected chi connectivity index (χ4v) is 4.76. The highest BCUT2D eigenvalue weighted by atomic mass is 32.2. The van der Waals surface area contributed by atoms with E-state index in [4.69, 9.17) is 0 Å². The maximum absolute atomic E-state index is 13.3. The van der Waals surface area contributed by atoms with Crippen LogP contribution in [0.4, 0.5) is 13.2 Å². The minimum Gasteiger partial charge on any atom is -0.348 e. The maximum atomic E-state index is 13.3. The summed E-state index contributed by atoms with van der Waals surface area (Å²) in [4.78, 5) is 38.5. The van der Waals surface area contributed by atoms with Gasteiger partial charge in [-0.2, -0.15) is 13.2 Å². The van der Waals surface area contributed by atoms with E-state index in [-0.39, 0.29) is 28.4 Å². The molecule has 1 aromatic heterocycles. The van der Waals surface area contributed by atoms with Gasteiger partial charge in [0.1, 0.15) is 5.56 Å². The third-order valence-electron chi connectivity index (χ3n) is 5.83. The number of amides is 1. The molecule has 0 fully saturated rings. The highest BCUT2D eigenvalue weighted by Crippen LogP contribution is 2.30. The Balaban J connectivity index is 1.98. The minimum absolute atomic E-state index is 0.00501. The van der Waals surface area contributed by atoms with Gasteiger partial charge in [0.2, 0.25) is 0 Å². The van der Waals surface area contributed by atoms with E-state index in [0.29, 0.717) is 5.56 Å². The highest BCUT2D eigenvalue weighted by Gasteiger charge is 2.31. The Labute approximate surface area is 211 Å². The largest absolute Gasteiger partial charge is 0.416 e. The van der Waals surface area contributed by atoms with Crippen LogP contribution < -0.4 is 10.9 Å². The van der Waals surface area contributed by atoms with E-state index in [2.05, 4.69) is 5.32 Å². The second-order valence-electron chi connectivity index (χ2n) is 8.72. The number of nitrogens with one attached hydrogen (secondary N) is 1. The number of pyridine rings is 1. The molecule has 196 valence electrons. The van der Waals surface area contributed by atoms with Crippen LogP contribution in [0.2, 0.25) is 0 Å². The molecule has 0 saturated heterocycles. The van der Waals surface area contributed by atoms with E-state index in [9.17, 15) is 36.0 Å². The zero-order chi connectivity index (χ0) is 27.7. The number of hydrogen-bond acceptors (Lipinski definition) is 5. The van der Waals surface area contributed by atoms with Crippen LogP contribution in [-0.2, 0) is 22.6 Å². The molecule has 3 aromatic rings. The number of aromatic nitrogens is 1. The number of halogens is 3. The number of hydrogen-bond donors (Lipinski definition) is 1. The predicted octanol–water partition coefficient (Wildman–Crippen LogP) is 4.48. The van der Waals surface area contributed by atoms with Crippen LogP contribution in [0.3, 0.4) is 0 Å². The lowest BCUT2D eigenvalue weighted by molar-refractivity contribution is -0.137. The molecule has 2 aromatic carbocycles. The van der Waals surface area contributed by atoms with Gasteiger partial charge in [-0.15, -0.1) is 0 Å². The average Bonchev–Trinajstić information content (AvgIpc) is 2.82. The normalized spacial score (nSPS) is 12.0. The van der Waals surface area contributed by atoms with Crippen molar-refractivity contribution in [3.05, 3.63) is 92.9 Å². The molecule has 11 heteroatoms. The molecule has 7 nitrogen and oxygen atoms in total. The Kier molecular flexibility index (Phi) is 7.78. The summed E-state index contributed by atoms with van der Waals surface area (Å²) in [5.74, 6) is -1.32. The number of ketones is 1. The van der Waals surface area contributed by atoms with Gasteiger partial charge in [-0.25, -0.2) is 8.42 Å². The third kappa shape index (κ3) is 5.82. The van der Waals surface area contributed by atoms with E-state index < -0.39 is 49.6 Å². The topological polar surface area (TPSA) is 102 Å². The molecule has 0 radical (unpaired) electrons. The number of Topliss-reactive ketones (excluding diaryl/α,β-unsaturated/α-hetero) is 1. The summed E-state index contributed by atoms with van der Waals surface area (Å²) >= 11 is 0.